The molecule has 1 heterocycles. The number of thiazole rings is 1. The molecule has 2 rings (SSSR count). The van der Waals surface area contributed by atoms with Crippen LogP contribution >= 0.6 is 11.3 Å². The van der Waals surface area contributed by atoms with Gasteiger partial charge in [-0.3, -0.25) is 4.99 Å². The van der Waals surface area contributed by atoms with Gasteiger partial charge in [0.25, 0.3) is 0 Å². The Balaban J connectivity index is 1.71. The number of aromatic nitrogens is 1. The minimum Gasteiger partial charge on any atom is -0.356 e. The topological polar surface area (TPSA) is 49.3 Å². The van der Waals surface area contributed by atoms with Crippen LogP contribution in [0.5, 0.6) is 0 Å². The first-order valence-electron chi connectivity index (χ1n) is 7.95. The second-order valence-corrected chi connectivity index (χ2v) is 6.71. The van der Waals surface area contributed by atoms with Crippen molar-refractivity contribution in [1.82, 2.24) is 15.6 Å². The van der Waals surface area contributed by atoms with Crippen LogP contribution in [0.2, 0.25) is 0 Å². The third kappa shape index (κ3) is 6.01. The number of halogens is 3. The van der Waals surface area contributed by atoms with Crippen molar-refractivity contribution in [2.24, 2.45) is 10.9 Å². The van der Waals surface area contributed by atoms with E-state index in [4.69, 9.17) is 0 Å². The average Bonchev–Trinajstić information content (AvgIpc) is 3.01. The Kier molecular flexibility index (Phi) is 6.68. The van der Waals surface area contributed by atoms with Gasteiger partial charge in [-0.1, -0.05) is 32.1 Å². The van der Waals surface area contributed by atoms with Crippen molar-refractivity contribution in [1.29, 1.82) is 0 Å². The van der Waals surface area contributed by atoms with E-state index in [-0.39, 0.29) is 6.54 Å². The van der Waals surface area contributed by atoms with Gasteiger partial charge in [0.05, 0.1) is 6.54 Å². The van der Waals surface area contributed by atoms with Gasteiger partial charge in [-0.25, -0.2) is 4.98 Å². The molecular weight excluding hydrogens is 325 g/mol. The van der Waals surface area contributed by atoms with E-state index in [1.165, 1.54) is 32.1 Å². The Labute approximate surface area is 138 Å². The number of aliphatic imine (C=N–C) groups is 1. The van der Waals surface area contributed by atoms with Crippen molar-refractivity contribution < 1.29 is 13.2 Å². The van der Waals surface area contributed by atoms with Gasteiger partial charge >= 0.3 is 6.18 Å². The molecule has 0 saturated heterocycles. The van der Waals surface area contributed by atoms with Gasteiger partial charge in [-0.05, 0) is 12.3 Å². The summed E-state index contributed by atoms with van der Waals surface area (Å²) in [5, 5.41) is 7.66. The fraction of sp³-hybridized carbons (Fsp3) is 0.733. The third-order valence-electron chi connectivity index (χ3n) is 4.04. The summed E-state index contributed by atoms with van der Waals surface area (Å²) in [5.41, 5.74) is -0.834. The van der Waals surface area contributed by atoms with Crippen LogP contribution in [0.1, 0.15) is 49.2 Å². The molecule has 8 heteroatoms. The van der Waals surface area contributed by atoms with Gasteiger partial charge < -0.3 is 10.6 Å². The zero-order valence-electron chi connectivity index (χ0n) is 13.2. The van der Waals surface area contributed by atoms with Crippen molar-refractivity contribution in [3.05, 3.63) is 16.1 Å². The lowest BCUT2D eigenvalue weighted by molar-refractivity contribution is -0.140. The van der Waals surface area contributed by atoms with Crippen LogP contribution in [-0.2, 0) is 12.7 Å². The Morgan fingerprint density at radius 1 is 1.30 bits per heavy atom. The number of guanidine groups is 1. The van der Waals surface area contributed by atoms with E-state index in [2.05, 4.69) is 20.6 Å². The van der Waals surface area contributed by atoms with Crippen LogP contribution in [0.3, 0.4) is 0 Å². The van der Waals surface area contributed by atoms with E-state index in [9.17, 15) is 13.2 Å². The zero-order valence-corrected chi connectivity index (χ0v) is 14.1. The Bertz CT molecular complexity index is 507. The lowest BCUT2D eigenvalue weighted by Gasteiger charge is -2.22. The first-order chi connectivity index (χ1) is 11.0. The Morgan fingerprint density at radius 3 is 2.65 bits per heavy atom. The van der Waals surface area contributed by atoms with Gasteiger partial charge in [0.15, 0.2) is 11.7 Å². The predicted octanol–water partition coefficient (Wildman–Crippen LogP) is 3.80. The van der Waals surface area contributed by atoms with Crippen molar-refractivity contribution in [2.75, 3.05) is 13.6 Å². The van der Waals surface area contributed by atoms with Crippen LogP contribution in [-0.4, -0.2) is 24.5 Å². The maximum Gasteiger partial charge on any atom is 0.434 e. The molecule has 0 amide bonds. The van der Waals surface area contributed by atoms with Crippen LogP contribution in [0.4, 0.5) is 13.2 Å². The summed E-state index contributed by atoms with van der Waals surface area (Å²) < 4.78 is 37.5. The van der Waals surface area contributed by atoms with Gasteiger partial charge in [0.2, 0.25) is 0 Å². The van der Waals surface area contributed by atoms with Gasteiger partial charge in [-0.15, -0.1) is 11.3 Å². The molecule has 0 aromatic carbocycles. The molecule has 0 atom stereocenters. The number of hydrogen-bond donors (Lipinski definition) is 2. The Hall–Kier alpha value is -1.31. The van der Waals surface area contributed by atoms with Crippen molar-refractivity contribution in [3.63, 3.8) is 0 Å². The maximum absolute atomic E-state index is 12.5. The quantitative estimate of drug-likeness (QED) is 0.629. The van der Waals surface area contributed by atoms with E-state index in [0.717, 1.165) is 35.6 Å². The minimum atomic E-state index is -4.38. The molecular formula is C15H23F3N4S. The van der Waals surface area contributed by atoms with Crippen LogP contribution < -0.4 is 10.6 Å². The Morgan fingerprint density at radius 2 is 2.04 bits per heavy atom. The monoisotopic (exact) mass is 348 g/mol. The first kappa shape index (κ1) is 18.0. The highest BCUT2D eigenvalue weighted by Gasteiger charge is 2.33. The molecule has 130 valence electrons. The fourth-order valence-corrected chi connectivity index (χ4v) is 3.51. The molecule has 0 radical (unpaired) electrons. The maximum atomic E-state index is 12.5. The molecule has 0 unspecified atom stereocenters. The lowest BCUT2D eigenvalue weighted by atomic mass is 9.87. The van der Waals surface area contributed by atoms with E-state index in [1.54, 1.807) is 7.05 Å². The first-order valence-corrected chi connectivity index (χ1v) is 8.83. The smallest absolute Gasteiger partial charge is 0.356 e. The second kappa shape index (κ2) is 8.52. The van der Waals surface area contributed by atoms with Crippen molar-refractivity contribution in [2.45, 2.75) is 51.2 Å². The molecule has 23 heavy (non-hydrogen) atoms. The molecule has 1 aliphatic carbocycles. The van der Waals surface area contributed by atoms with Gasteiger partial charge in [-0.2, -0.15) is 13.2 Å². The summed E-state index contributed by atoms with van der Waals surface area (Å²) in [7, 11) is 1.65. The third-order valence-corrected chi connectivity index (χ3v) is 4.89. The zero-order chi connectivity index (χ0) is 16.7. The van der Waals surface area contributed by atoms with E-state index >= 15 is 0 Å². The number of alkyl halides is 3. The number of rotatable bonds is 5. The average molecular weight is 348 g/mol. The molecule has 1 fully saturated rings. The summed E-state index contributed by atoms with van der Waals surface area (Å²) in [6.07, 6.45) is 3.32. The van der Waals surface area contributed by atoms with Crippen molar-refractivity contribution in [3.8, 4) is 0 Å². The van der Waals surface area contributed by atoms with Crippen LogP contribution in [0.25, 0.3) is 0 Å². The van der Waals surface area contributed by atoms with Crippen molar-refractivity contribution >= 4 is 17.3 Å². The summed E-state index contributed by atoms with van der Waals surface area (Å²) >= 11 is 0.999. The van der Waals surface area contributed by atoms with E-state index in [1.807, 2.05) is 0 Å². The van der Waals surface area contributed by atoms with E-state index < -0.39 is 11.9 Å². The number of hydrogen-bond acceptors (Lipinski definition) is 3. The number of nitrogens with one attached hydrogen (secondary N) is 2. The predicted molar refractivity (Wildman–Crippen MR) is 86.5 cm³/mol. The summed E-state index contributed by atoms with van der Waals surface area (Å²) in [6.45, 7) is 1.07. The molecule has 2 N–H and O–H groups in total. The fourth-order valence-electron chi connectivity index (χ4n) is 2.77. The highest BCUT2D eigenvalue weighted by Crippen LogP contribution is 2.30. The standard InChI is InChI=1S/C15H23F3N4S/c1-19-14(20-8-7-11-5-3-2-4-6-11)21-9-13-22-12(10-23-13)15(16,17)18/h10-11H,2-9H2,1H3,(H2,19,20,21). The highest BCUT2D eigenvalue weighted by atomic mass is 32.1. The normalized spacial score (nSPS) is 17.3. The van der Waals surface area contributed by atoms with Gasteiger partial charge in [0, 0.05) is 19.0 Å². The molecule has 0 bridgehead atoms. The number of nitrogens with zero attached hydrogens (tertiary/aromatic N) is 2. The molecule has 1 aromatic rings. The molecule has 1 saturated carbocycles. The van der Waals surface area contributed by atoms with Crippen LogP contribution in [0.15, 0.2) is 10.4 Å². The summed E-state index contributed by atoms with van der Waals surface area (Å²) in [5.74, 6) is 1.38. The van der Waals surface area contributed by atoms with Crippen LogP contribution in [0, 0.1) is 5.92 Å². The lowest BCUT2D eigenvalue weighted by Crippen LogP contribution is -2.37. The molecule has 0 aliphatic heterocycles. The molecule has 1 aromatic heterocycles. The second-order valence-electron chi connectivity index (χ2n) is 5.77. The minimum absolute atomic E-state index is 0.240. The molecule has 1 aliphatic rings. The molecule has 4 nitrogen and oxygen atoms in total. The summed E-state index contributed by atoms with van der Waals surface area (Å²) in [4.78, 5) is 7.68. The summed E-state index contributed by atoms with van der Waals surface area (Å²) in [6, 6.07) is 0. The molecule has 0 spiro atoms. The largest absolute Gasteiger partial charge is 0.434 e. The SMILES string of the molecule is CN=C(NCCC1CCCCC1)NCc1nc(C(F)(F)F)cs1. The van der Waals surface area contributed by atoms with E-state index in [0.29, 0.717) is 11.0 Å². The van der Waals surface area contributed by atoms with Gasteiger partial charge in [0.1, 0.15) is 5.01 Å². The highest BCUT2D eigenvalue weighted by molar-refractivity contribution is 7.09.